The van der Waals surface area contributed by atoms with Crippen molar-refractivity contribution in [2.75, 3.05) is 0 Å². The summed E-state index contributed by atoms with van der Waals surface area (Å²) in [6.07, 6.45) is 0. The molecule has 2 heterocycles. The Bertz CT molecular complexity index is 550. The van der Waals surface area contributed by atoms with E-state index >= 15 is 0 Å². The molecule has 16 heavy (non-hydrogen) atoms. The van der Waals surface area contributed by atoms with Crippen LogP contribution in [0.15, 0.2) is 21.5 Å². The highest BCUT2D eigenvalue weighted by Crippen LogP contribution is 2.31. The van der Waals surface area contributed by atoms with Crippen molar-refractivity contribution in [3.63, 3.8) is 0 Å². The molecule has 0 radical (unpaired) electrons. The maximum atomic E-state index is 3.13. The Balaban J connectivity index is 2.55. The maximum absolute atomic E-state index is 3.13. The lowest BCUT2D eigenvalue weighted by Crippen LogP contribution is -1.79. The Morgan fingerprint density at radius 2 is 1.19 bits per heavy atom. The van der Waals surface area contributed by atoms with Crippen LogP contribution in [0.25, 0.3) is 11.1 Å². The van der Waals surface area contributed by atoms with Crippen LogP contribution in [0, 0.1) is 23.7 Å². The van der Waals surface area contributed by atoms with Crippen molar-refractivity contribution in [1.29, 1.82) is 0 Å². The van der Waals surface area contributed by atoms with Crippen LogP contribution in [0.1, 0.15) is 25.0 Å². The fourth-order valence-electron chi connectivity index (χ4n) is 1.47. The first-order valence-corrected chi connectivity index (χ1v) is 6.73. The van der Waals surface area contributed by atoms with Crippen LogP contribution < -0.4 is 0 Å². The van der Waals surface area contributed by atoms with Gasteiger partial charge in [0.05, 0.1) is 0 Å². The fraction of sp³-hybridized carbons (Fsp3) is 0.143. The van der Waals surface area contributed by atoms with E-state index in [1.54, 1.807) is 22.7 Å². The van der Waals surface area contributed by atoms with Crippen molar-refractivity contribution in [3.05, 3.63) is 32.6 Å². The molecule has 0 amide bonds. The normalized spacial score (nSPS) is 8.88. The monoisotopic (exact) mass is 242 g/mol. The van der Waals surface area contributed by atoms with Crippen molar-refractivity contribution in [2.45, 2.75) is 13.8 Å². The summed E-state index contributed by atoms with van der Waals surface area (Å²) in [4.78, 5) is 0. The van der Waals surface area contributed by atoms with E-state index in [4.69, 9.17) is 0 Å². The SMILES string of the molecule is CC#Cc1cscc1-c1cscc1C#CC. The summed E-state index contributed by atoms with van der Waals surface area (Å²) in [5.74, 6) is 12.2. The zero-order valence-electron chi connectivity index (χ0n) is 9.13. The van der Waals surface area contributed by atoms with Crippen LogP contribution in [0.5, 0.6) is 0 Å². The van der Waals surface area contributed by atoms with Gasteiger partial charge >= 0.3 is 0 Å². The van der Waals surface area contributed by atoms with E-state index in [1.165, 1.54) is 11.1 Å². The van der Waals surface area contributed by atoms with Crippen molar-refractivity contribution >= 4 is 22.7 Å². The van der Waals surface area contributed by atoms with Gasteiger partial charge in [-0.2, -0.15) is 22.7 Å². The van der Waals surface area contributed by atoms with Crippen molar-refractivity contribution in [1.82, 2.24) is 0 Å². The highest BCUT2D eigenvalue weighted by Gasteiger charge is 2.09. The minimum Gasteiger partial charge on any atom is -0.150 e. The number of rotatable bonds is 1. The standard InChI is InChI=1S/C14H10S2/c1-3-5-11-7-15-9-13(11)14-10-16-8-12(14)6-4-2/h7-10H,1-2H3. The average Bonchev–Trinajstić information content (AvgIpc) is 2.87. The quantitative estimate of drug-likeness (QED) is 0.657. The molecule has 0 aliphatic rings. The van der Waals surface area contributed by atoms with Gasteiger partial charge in [0.25, 0.3) is 0 Å². The third kappa shape index (κ3) is 2.04. The van der Waals surface area contributed by atoms with E-state index in [9.17, 15) is 0 Å². The topological polar surface area (TPSA) is 0 Å². The molecule has 2 aromatic rings. The van der Waals surface area contributed by atoms with Gasteiger partial charge in [-0.05, 0) is 24.6 Å². The van der Waals surface area contributed by atoms with Gasteiger partial charge in [-0.15, -0.1) is 11.8 Å². The van der Waals surface area contributed by atoms with Crippen LogP contribution >= 0.6 is 22.7 Å². The lowest BCUT2D eigenvalue weighted by molar-refractivity contribution is 1.71. The smallest absolute Gasteiger partial charge is 0.0431 e. The first kappa shape index (κ1) is 11.0. The summed E-state index contributed by atoms with van der Waals surface area (Å²) < 4.78 is 0. The van der Waals surface area contributed by atoms with Crippen LogP contribution in [-0.4, -0.2) is 0 Å². The third-order valence-corrected chi connectivity index (χ3v) is 3.62. The molecule has 2 heteroatoms. The maximum Gasteiger partial charge on any atom is 0.0431 e. The molecule has 2 aromatic heterocycles. The van der Waals surface area contributed by atoms with Gasteiger partial charge < -0.3 is 0 Å². The minimum absolute atomic E-state index is 1.10. The molecule has 0 fully saturated rings. The van der Waals surface area contributed by atoms with Gasteiger partial charge in [-0.3, -0.25) is 0 Å². The molecule has 0 unspecified atom stereocenters. The molecule has 0 aromatic carbocycles. The van der Waals surface area contributed by atoms with E-state index in [-0.39, 0.29) is 0 Å². The Morgan fingerprint density at radius 1 is 0.750 bits per heavy atom. The first-order valence-electron chi connectivity index (χ1n) is 4.85. The Hall–Kier alpha value is -1.48. The van der Waals surface area contributed by atoms with E-state index in [0.29, 0.717) is 0 Å². The molecular formula is C14H10S2. The molecule has 0 nitrogen and oxygen atoms in total. The van der Waals surface area contributed by atoms with E-state index in [2.05, 4.69) is 45.2 Å². The molecule has 0 saturated carbocycles. The summed E-state index contributed by atoms with van der Waals surface area (Å²) in [5, 5.41) is 8.46. The molecule has 0 saturated heterocycles. The van der Waals surface area contributed by atoms with E-state index in [0.717, 1.165) is 11.1 Å². The number of hydrogen-bond acceptors (Lipinski definition) is 2. The summed E-state index contributed by atoms with van der Waals surface area (Å²) in [6.45, 7) is 3.73. The average molecular weight is 242 g/mol. The molecule has 0 N–H and O–H groups in total. The van der Waals surface area contributed by atoms with Crippen LogP contribution in [0.2, 0.25) is 0 Å². The summed E-state index contributed by atoms with van der Waals surface area (Å²) in [7, 11) is 0. The first-order chi connectivity index (χ1) is 7.86. The van der Waals surface area contributed by atoms with E-state index in [1.807, 2.05) is 13.8 Å². The van der Waals surface area contributed by atoms with Gasteiger partial charge in [-0.1, -0.05) is 11.8 Å². The van der Waals surface area contributed by atoms with Gasteiger partial charge in [0.15, 0.2) is 0 Å². The third-order valence-electron chi connectivity index (χ3n) is 2.13. The molecule has 0 atom stereocenters. The summed E-state index contributed by atoms with van der Waals surface area (Å²) in [5.41, 5.74) is 4.62. The predicted octanol–water partition coefficient (Wildman–Crippen LogP) is 4.22. The lowest BCUT2D eigenvalue weighted by Gasteiger charge is -1.96. The minimum atomic E-state index is 1.10. The summed E-state index contributed by atoms with van der Waals surface area (Å²) in [6, 6.07) is 0. The zero-order valence-corrected chi connectivity index (χ0v) is 10.8. The van der Waals surface area contributed by atoms with Crippen molar-refractivity contribution < 1.29 is 0 Å². The molecular weight excluding hydrogens is 232 g/mol. The Morgan fingerprint density at radius 3 is 1.56 bits per heavy atom. The fourth-order valence-corrected chi connectivity index (χ4v) is 3.03. The van der Waals surface area contributed by atoms with Crippen molar-refractivity contribution in [2.24, 2.45) is 0 Å². The van der Waals surface area contributed by atoms with Crippen LogP contribution in [0.3, 0.4) is 0 Å². The largest absolute Gasteiger partial charge is 0.150 e. The Labute approximate surface area is 104 Å². The molecule has 0 aliphatic heterocycles. The number of thiophene rings is 2. The van der Waals surface area contributed by atoms with Crippen molar-refractivity contribution in [3.8, 4) is 34.8 Å². The molecule has 0 aliphatic carbocycles. The molecule has 2 rings (SSSR count). The summed E-state index contributed by atoms with van der Waals surface area (Å²) >= 11 is 3.37. The highest BCUT2D eigenvalue weighted by atomic mass is 32.1. The second-order valence-electron chi connectivity index (χ2n) is 3.15. The second-order valence-corrected chi connectivity index (χ2v) is 4.64. The zero-order chi connectivity index (χ0) is 11.4. The van der Waals surface area contributed by atoms with Gasteiger partial charge in [0, 0.05) is 33.0 Å². The molecule has 78 valence electrons. The molecule has 0 bridgehead atoms. The Kier molecular flexibility index (Phi) is 3.47. The van der Waals surface area contributed by atoms with Gasteiger partial charge in [0.2, 0.25) is 0 Å². The van der Waals surface area contributed by atoms with Crippen LogP contribution in [0.4, 0.5) is 0 Å². The second kappa shape index (κ2) is 5.03. The van der Waals surface area contributed by atoms with Gasteiger partial charge in [0.1, 0.15) is 0 Å². The van der Waals surface area contributed by atoms with E-state index < -0.39 is 0 Å². The lowest BCUT2D eigenvalue weighted by atomic mass is 10.0. The number of hydrogen-bond donors (Lipinski definition) is 0. The van der Waals surface area contributed by atoms with Crippen LogP contribution in [-0.2, 0) is 0 Å². The molecule has 0 spiro atoms. The van der Waals surface area contributed by atoms with Gasteiger partial charge in [-0.25, -0.2) is 0 Å². The predicted molar refractivity (Wildman–Crippen MR) is 72.7 cm³/mol. The highest BCUT2D eigenvalue weighted by molar-refractivity contribution is 7.09.